The maximum atomic E-state index is 12.3. The minimum atomic E-state index is -0.0759. The molecular formula is C20H31N4O3+. The Morgan fingerprint density at radius 1 is 1.00 bits per heavy atom. The Bertz CT molecular complexity index is 623. The normalized spacial score (nSPS) is 18.9. The maximum Gasteiger partial charge on any atom is 0.279 e. The van der Waals surface area contributed by atoms with Crippen molar-refractivity contribution < 1.29 is 19.2 Å². The summed E-state index contributed by atoms with van der Waals surface area (Å²) >= 11 is 0. The van der Waals surface area contributed by atoms with Crippen molar-refractivity contribution in [3.05, 3.63) is 24.3 Å². The van der Waals surface area contributed by atoms with Crippen LogP contribution in [0.2, 0.25) is 0 Å². The monoisotopic (exact) mass is 375 g/mol. The molecule has 3 rings (SSSR count). The molecule has 7 heteroatoms. The first-order valence-electron chi connectivity index (χ1n) is 9.93. The largest absolute Gasteiger partial charge is 0.378 e. The van der Waals surface area contributed by atoms with Gasteiger partial charge in [-0.15, -0.1) is 0 Å². The molecular weight excluding hydrogens is 344 g/mol. The Morgan fingerprint density at radius 3 is 2.33 bits per heavy atom. The quantitative estimate of drug-likeness (QED) is 0.734. The molecule has 2 aliphatic rings. The highest BCUT2D eigenvalue weighted by Crippen LogP contribution is 2.21. The number of quaternary nitrogens is 1. The molecule has 0 aromatic heterocycles. The molecule has 2 heterocycles. The van der Waals surface area contributed by atoms with Gasteiger partial charge in [0.25, 0.3) is 11.8 Å². The Hall–Kier alpha value is -2.12. The van der Waals surface area contributed by atoms with Gasteiger partial charge < -0.3 is 24.8 Å². The van der Waals surface area contributed by atoms with Gasteiger partial charge in [-0.05, 0) is 43.5 Å². The van der Waals surface area contributed by atoms with Crippen molar-refractivity contribution in [3.63, 3.8) is 0 Å². The molecule has 0 radical (unpaired) electrons. The number of amides is 2. The summed E-state index contributed by atoms with van der Waals surface area (Å²) in [6.07, 6.45) is 3.81. The molecule has 0 aliphatic carbocycles. The van der Waals surface area contributed by atoms with Crippen molar-refractivity contribution in [2.45, 2.75) is 19.3 Å². The van der Waals surface area contributed by atoms with Crippen molar-refractivity contribution in [1.29, 1.82) is 0 Å². The summed E-state index contributed by atoms with van der Waals surface area (Å²) in [5.74, 6) is 0.00230. The third-order valence-corrected chi connectivity index (χ3v) is 5.15. The molecule has 2 N–H and O–H groups in total. The van der Waals surface area contributed by atoms with E-state index in [1.54, 1.807) is 0 Å². The molecule has 1 unspecified atom stereocenters. The van der Waals surface area contributed by atoms with Gasteiger partial charge >= 0.3 is 0 Å². The predicted octanol–water partition coefficient (Wildman–Crippen LogP) is -0.0111. The second kappa shape index (κ2) is 9.71. The number of ether oxygens (including phenoxy) is 1. The van der Waals surface area contributed by atoms with Gasteiger partial charge in [0.05, 0.1) is 20.3 Å². The number of nitrogens with one attached hydrogen (secondary N) is 2. The average molecular weight is 375 g/mol. The lowest BCUT2D eigenvalue weighted by atomic mass is 10.1. The van der Waals surface area contributed by atoms with E-state index < -0.39 is 0 Å². The van der Waals surface area contributed by atoms with Crippen molar-refractivity contribution in [3.8, 4) is 0 Å². The lowest BCUT2D eigenvalue weighted by molar-refractivity contribution is -0.862. The van der Waals surface area contributed by atoms with Crippen LogP contribution in [0.1, 0.15) is 19.3 Å². The van der Waals surface area contributed by atoms with Crippen LogP contribution in [-0.4, -0.2) is 76.2 Å². The highest BCUT2D eigenvalue weighted by Gasteiger charge is 2.21. The van der Waals surface area contributed by atoms with Gasteiger partial charge in [-0.25, -0.2) is 0 Å². The zero-order valence-electron chi connectivity index (χ0n) is 16.2. The van der Waals surface area contributed by atoms with E-state index in [9.17, 15) is 9.59 Å². The number of hydrogen-bond donors (Lipinski definition) is 2. The Kier molecular flexibility index (Phi) is 7.06. The number of hydrogen-bond acceptors (Lipinski definition) is 4. The Morgan fingerprint density at radius 2 is 1.67 bits per heavy atom. The molecule has 27 heavy (non-hydrogen) atoms. The first kappa shape index (κ1) is 19.6. The van der Waals surface area contributed by atoms with Crippen molar-refractivity contribution in [1.82, 2.24) is 4.90 Å². The number of carbonyl (C=O) groups excluding carboxylic acids is 2. The van der Waals surface area contributed by atoms with Crippen LogP contribution in [0.3, 0.4) is 0 Å². The van der Waals surface area contributed by atoms with Gasteiger partial charge in [0, 0.05) is 37.6 Å². The van der Waals surface area contributed by atoms with Crippen LogP contribution in [0.25, 0.3) is 0 Å². The Labute approximate surface area is 161 Å². The minimum Gasteiger partial charge on any atom is -0.378 e. The van der Waals surface area contributed by atoms with Crippen LogP contribution in [-0.2, 0) is 14.3 Å². The van der Waals surface area contributed by atoms with E-state index in [0.717, 1.165) is 23.7 Å². The number of likely N-dealkylation sites (N-methyl/N-ethyl adjacent to an activating group) is 1. The first-order valence-corrected chi connectivity index (χ1v) is 9.93. The van der Waals surface area contributed by atoms with E-state index in [1.165, 1.54) is 24.9 Å². The predicted molar refractivity (Wildman–Crippen MR) is 105 cm³/mol. The lowest BCUT2D eigenvalue weighted by Crippen LogP contribution is -3.11. The molecule has 0 spiro atoms. The standard InChI is InChI=1S/C20H30N4O3/c1-22(16-20(26)24-11-13-27-14-12-24)15-19(25)21-17-5-7-18(8-6-17)23-9-3-2-4-10-23/h5-8H,2-4,9-16H2,1H3,(H,21,25)/p+1. The van der Waals surface area contributed by atoms with Gasteiger partial charge in [-0.3, -0.25) is 9.59 Å². The van der Waals surface area contributed by atoms with E-state index in [2.05, 4.69) is 22.3 Å². The molecule has 0 bridgehead atoms. The SMILES string of the molecule is C[NH+](CC(=O)Nc1ccc(N2CCCCC2)cc1)CC(=O)N1CCOCC1. The molecule has 1 atom stereocenters. The molecule has 2 fully saturated rings. The lowest BCUT2D eigenvalue weighted by Gasteiger charge is -2.28. The zero-order valence-corrected chi connectivity index (χ0v) is 16.2. The first-order chi connectivity index (χ1) is 13.1. The summed E-state index contributed by atoms with van der Waals surface area (Å²) in [5, 5.41) is 2.93. The third kappa shape index (κ3) is 5.94. The van der Waals surface area contributed by atoms with Crippen LogP contribution in [0.5, 0.6) is 0 Å². The summed E-state index contributed by atoms with van der Waals surface area (Å²) in [6, 6.07) is 8.05. The third-order valence-electron chi connectivity index (χ3n) is 5.15. The smallest absolute Gasteiger partial charge is 0.279 e. The average Bonchev–Trinajstić information content (AvgIpc) is 2.69. The number of benzene rings is 1. The molecule has 2 aliphatic heterocycles. The van der Waals surface area contributed by atoms with Crippen LogP contribution < -0.4 is 15.1 Å². The highest BCUT2D eigenvalue weighted by molar-refractivity contribution is 5.91. The highest BCUT2D eigenvalue weighted by atomic mass is 16.5. The van der Waals surface area contributed by atoms with Gasteiger partial charge in [-0.2, -0.15) is 0 Å². The summed E-state index contributed by atoms with van der Waals surface area (Å²) < 4.78 is 5.26. The summed E-state index contributed by atoms with van der Waals surface area (Å²) in [7, 11) is 1.87. The molecule has 2 amide bonds. The van der Waals surface area contributed by atoms with Crippen LogP contribution >= 0.6 is 0 Å². The summed E-state index contributed by atoms with van der Waals surface area (Å²) in [4.78, 5) is 29.6. The number of carbonyl (C=O) groups is 2. The summed E-state index contributed by atoms with van der Waals surface area (Å²) in [5.41, 5.74) is 2.01. The molecule has 2 saturated heterocycles. The van der Waals surface area contributed by atoms with E-state index in [1.807, 2.05) is 24.1 Å². The van der Waals surface area contributed by atoms with Crippen molar-refractivity contribution in [2.24, 2.45) is 0 Å². The summed E-state index contributed by atoms with van der Waals surface area (Å²) in [6.45, 7) is 5.28. The fourth-order valence-electron chi connectivity index (χ4n) is 3.63. The van der Waals surface area contributed by atoms with E-state index in [4.69, 9.17) is 4.74 Å². The Balaban J connectivity index is 1.43. The minimum absolute atomic E-state index is 0.0759. The van der Waals surface area contributed by atoms with E-state index in [0.29, 0.717) is 32.8 Å². The van der Waals surface area contributed by atoms with E-state index >= 15 is 0 Å². The van der Waals surface area contributed by atoms with Gasteiger partial charge in [0.2, 0.25) is 0 Å². The fraction of sp³-hybridized carbons (Fsp3) is 0.600. The molecule has 1 aromatic carbocycles. The van der Waals surface area contributed by atoms with Crippen molar-refractivity contribution in [2.75, 3.05) is 69.7 Å². The van der Waals surface area contributed by atoms with Crippen LogP contribution in [0.4, 0.5) is 11.4 Å². The number of anilines is 2. The van der Waals surface area contributed by atoms with Gasteiger partial charge in [0.1, 0.15) is 0 Å². The van der Waals surface area contributed by atoms with Crippen molar-refractivity contribution >= 4 is 23.2 Å². The fourth-order valence-corrected chi connectivity index (χ4v) is 3.63. The topological polar surface area (TPSA) is 66.3 Å². The van der Waals surface area contributed by atoms with E-state index in [-0.39, 0.29) is 18.4 Å². The number of morpholine rings is 1. The molecule has 1 aromatic rings. The second-order valence-electron chi connectivity index (χ2n) is 7.45. The second-order valence-corrected chi connectivity index (χ2v) is 7.45. The van der Waals surface area contributed by atoms with Crippen LogP contribution in [0, 0.1) is 0 Å². The number of piperidine rings is 1. The van der Waals surface area contributed by atoms with Gasteiger partial charge in [0.15, 0.2) is 13.1 Å². The number of nitrogens with zero attached hydrogens (tertiary/aromatic N) is 2. The van der Waals surface area contributed by atoms with Crippen LogP contribution in [0.15, 0.2) is 24.3 Å². The number of rotatable bonds is 6. The maximum absolute atomic E-state index is 12.3. The molecule has 148 valence electrons. The molecule has 0 saturated carbocycles. The molecule has 7 nitrogen and oxygen atoms in total. The van der Waals surface area contributed by atoms with Gasteiger partial charge in [-0.1, -0.05) is 0 Å². The zero-order chi connectivity index (χ0) is 19.1.